The summed E-state index contributed by atoms with van der Waals surface area (Å²) >= 11 is 0. The molecule has 2 N–H and O–H groups in total. The van der Waals surface area contributed by atoms with Gasteiger partial charge in [0.05, 0.1) is 0 Å². The molecule has 0 saturated carbocycles. The fourth-order valence-electron chi connectivity index (χ4n) is 4.16. The van der Waals surface area contributed by atoms with Gasteiger partial charge in [0.1, 0.15) is 12.4 Å². The van der Waals surface area contributed by atoms with Gasteiger partial charge in [-0.15, -0.1) is 34.2 Å². The summed E-state index contributed by atoms with van der Waals surface area (Å²) in [5, 5.41) is 15.7. The van der Waals surface area contributed by atoms with E-state index >= 15 is 0 Å². The second-order valence-corrected chi connectivity index (χ2v) is 8.37. The number of unbranched alkanes of at least 4 members (excludes halogenated alkanes) is 1. The maximum atomic E-state index is 4.84. The molecule has 1 aliphatic heterocycles. The van der Waals surface area contributed by atoms with Crippen molar-refractivity contribution in [2.24, 2.45) is 18.0 Å². The van der Waals surface area contributed by atoms with E-state index in [9.17, 15) is 0 Å². The van der Waals surface area contributed by atoms with Crippen LogP contribution < -0.4 is 10.6 Å². The van der Waals surface area contributed by atoms with Crippen molar-refractivity contribution < 1.29 is 0 Å². The van der Waals surface area contributed by atoms with E-state index in [0.717, 1.165) is 37.2 Å². The van der Waals surface area contributed by atoms with Crippen LogP contribution in [0.1, 0.15) is 77.4 Å². The Hall–Kier alpha value is -0.900. The van der Waals surface area contributed by atoms with Gasteiger partial charge in [0.2, 0.25) is 0 Å². The molecule has 0 amide bonds. The topological polar surface area (TPSA) is 70.4 Å². The van der Waals surface area contributed by atoms with Crippen molar-refractivity contribution in [2.75, 3.05) is 26.2 Å². The van der Waals surface area contributed by atoms with Crippen molar-refractivity contribution >= 4 is 29.9 Å². The first-order valence-electron chi connectivity index (χ1n) is 11.7. The third kappa shape index (κ3) is 8.69. The van der Waals surface area contributed by atoms with Gasteiger partial charge in [-0.3, -0.25) is 4.90 Å². The van der Waals surface area contributed by atoms with Gasteiger partial charge in [-0.1, -0.05) is 40.0 Å². The number of nitrogens with zero attached hydrogens (tertiary/aromatic N) is 5. The molecule has 30 heavy (non-hydrogen) atoms. The predicted molar refractivity (Wildman–Crippen MR) is 136 cm³/mol. The van der Waals surface area contributed by atoms with Crippen LogP contribution in [-0.2, 0) is 13.6 Å². The Morgan fingerprint density at radius 1 is 1.17 bits per heavy atom. The molecule has 174 valence electrons. The Bertz CT molecular complexity index is 617. The molecule has 2 unspecified atom stereocenters. The SMILES string of the molecule is CCCCC(CCC)CNC(=NCc1nnc(C)n1C)NCC1CCCN1CC.I. The number of aliphatic imine (C=N–C) groups is 1. The Morgan fingerprint density at radius 3 is 2.60 bits per heavy atom. The second kappa shape index (κ2) is 15.0. The minimum Gasteiger partial charge on any atom is -0.356 e. The van der Waals surface area contributed by atoms with E-state index in [1.165, 1.54) is 51.5 Å². The van der Waals surface area contributed by atoms with Crippen LogP contribution in [0.5, 0.6) is 0 Å². The number of halogens is 1. The number of nitrogens with one attached hydrogen (secondary N) is 2. The molecular weight excluding hydrogens is 489 g/mol. The fraction of sp³-hybridized carbons (Fsp3) is 0.864. The Labute approximate surface area is 200 Å². The highest BCUT2D eigenvalue weighted by molar-refractivity contribution is 14.0. The van der Waals surface area contributed by atoms with Crippen LogP contribution in [0.3, 0.4) is 0 Å². The third-order valence-corrected chi connectivity index (χ3v) is 6.19. The van der Waals surface area contributed by atoms with Crippen LogP contribution in [0.4, 0.5) is 0 Å². The van der Waals surface area contributed by atoms with Gasteiger partial charge >= 0.3 is 0 Å². The molecule has 1 aliphatic rings. The van der Waals surface area contributed by atoms with Crippen molar-refractivity contribution in [1.82, 2.24) is 30.3 Å². The average Bonchev–Trinajstić information content (AvgIpc) is 3.31. The van der Waals surface area contributed by atoms with Crippen molar-refractivity contribution in [3.63, 3.8) is 0 Å². The van der Waals surface area contributed by atoms with E-state index in [0.29, 0.717) is 18.5 Å². The zero-order valence-electron chi connectivity index (χ0n) is 19.8. The van der Waals surface area contributed by atoms with Gasteiger partial charge in [0.25, 0.3) is 0 Å². The Morgan fingerprint density at radius 2 is 1.97 bits per heavy atom. The van der Waals surface area contributed by atoms with E-state index in [1.54, 1.807) is 0 Å². The molecule has 2 rings (SSSR count). The zero-order chi connectivity index (χ0) is 21.1. The standard InChI is InChI=1S/C22H43N7.HI/c1-6-9-12-19(11-7-2)15-23-22(24-16-20-13-10-14-29(20)8-3)25-17-21-27-26-18(4)28(21)5;/h19-20H,6-17H2,1-5H3,(H2,23,24,25);1H. The summed E-state index contributed by atoms with van der Waals surface area (Å²) in [5.74, 6) is 3.44. The zero-order valence-corrected chi connectivity index (χ0v) is 22.1. The Balaban J connectivity index is 0.00000450. The summed E-state index contributed by atoms with van der Waals surface area (Å²) in [5.41, 5.74) is 0. The van der Waals surface area contributed by atoms with E-state index < -0.39 is 0 Å². The number of aryl methyl sites for hydroxylation is 1. The normalized spacial score (nSPS) is 18.3. The largest absolute Gasteiger partial charge is 0.356 e. The number of rotatable bonds is 12. The highest BCUT2D eigenvalue weighted by Gasteiger charge is 2.23. The predicted octanol–water partition coefficient (Wildman–Crippen LogP) is 3.87. The summed E-state index contributed by atoms with van der Waals surface area (Å²) in [7, 11) is 2.00. The minimum atomic E-state index is 0. The average molecular weight is 534 g/mol. The van der Waals surface area contributed by atoms with Gasteiger partial charge < -0.3 is 15.2 Å². The lowest BCUT2D eigenvalue weighted by atomic mass is 9.97. The number of likely N-dealkylation sites (N-methyl/N-ethyl adjacent to an activating group) is 1. The number of hydrogen-bond acceptors (Lipinski definition) is 4. The van der Waals surface area contributed by atoms with Crippen molar-refractivity contribution in [3.8, 4) is 0 Å². The maximum absolute atomic E-state index is 4.84. The van der Waals surface area contributed by atoms with Crippen molar-refractivity contribution in [2.45, 2.75) is 85.2 Å². The van der Waals surface area contributed by atoms with Crippen molar-refractivity contribution in [3.05, 3.63) is 11.6 Å². The first-order chi connectivity index (χ1) is 14.1. The van der Waals surface area contributed by atoms with E-state index in [4.69, 9.17) is 4.99 Å². The molecule has 0 aliphatic carbocycles. The van der Waals surface area contributed by atoms with Gasteiger partial charge in [0.15, 0.2) is 11.8 Å². The quantitative estimate of drug-likeness (QED) is 0.243. The number of likely N-dealkylation sites (tertiary alicyclic amines) is 1. The highest BCUT2D eigenvalue weighted by Crippen LogP contribution is 2.16. The maximum Gasteiger partial charge on any atom is 0.191 e. The van der Waals surface area contributed by atoms with Gasteiger partial charge in [-0.05, 0) is 51.6 Å². The summed E-state index contributed by atoms with van der Waals surface area (Å²) < 4.78 is 2.01. The van der Waals surface area contributed by atoms with E-state index in [-0.39, 0.29) is 24.0 Å². The molecule has 1 aromatic rings. The molecule has 8 heteroatoms. The van der Waals surface area contributed by atoms with Crippen LogP contribution in [0.15, 0.2) is 4.99 Å². The van der Waals surface area contributed by atoms with E-state index in [1.807, 2.05) is 18.5 Å². The molecule has 0 aromatic carbocycles. The van der Waals surface area contributed by atoms with Gasteiger partial charge in [0, 0.05) is 26.2 Å². The van der Waals surface area contributed by atoms with Crippen LogP contribution in [0, 0.1) is 12.8 Å². The number of guanidine groups is 1. The lowest BCUT2D eigenvalue weighted by molar-refractivity contribution is 0.266. The van der Waals surface area contributed by atoms with Crippen LogP contribution in [0.25, 0.3) is 0 Å². The molecule has 0 radical (unpaired) electrons. The van der Waals surface area contributed by atoms with Crippen LogP contribution in [0.2, 0.25) is 0 Å². The first kappa shape index (κ1) is 27.1. The third-order valence-electron chi connectivity index (χ3n) is 6.19. The first-order valence-corrected chi connectivity index (χ1v) is 11.7. The molecule has 7 nitrogen and oxygen atoms in total. The lowest BCUT2D eigenvalue weighted by Gasteiger charge is -2.25. The molecule has 1 saturated heterocycles. The number of hydrogen-bond donors (Lipinski definition) is 2. The van der Waals surface area contributed by atoms with Crippen LogP contribution >= 0.6 is 24.0 Å². The second-order valence-electron chi connectivity index (χ2n) is 8.37. The molecule has 0 spiro atoms. The van der Waals surface area contributed by atoms with Crippen LogP contribution in [-0.4, -0.2) is 57.8 Å². The lowest BCUT2D eigenvalue weighted by Crippen LogP contribution is -2.46. The summed E-state index contributed by atoms with van der Waals surface area (Å²) in [6.07, 6.45) is 8.94. The molecule has 1 aromatic heterocycles. The molecule has 1 fully saturated rings. The Kier molecular flexibility index (Phi) is 13.6. The summed E-state index contributed by atoms with van der Waals surface area (Å²) in [6, 6.07) is 0.607. The van der Waals surface area contributed by atoms with Gasteiger partial charge in [-0.2, -0.15) is 0 Å². The molecular formula is C22H44IN7. The molecule has 2 atom stereocenters. The summed E-state index contributed by atoms with van der Waals surface area (Å²) in [4.78, 5) is 7.41. The smallest absolute Gasteiger partial charge is 0.191 e. The summed E-state index contributed by atoms with van der Waals surface area (Å²) in [6.45, 7) is 13.6. The fourth-order valence-corrected chi connectivity index (χ4v) is 4.16. The minimum absolute atomic E-state index is 0. The van der Waals surface area contributed by atoms with Gasteiger partial charge in [-0.25, -0.2) is 4.99 Å². The van der Waals surface area contributed by atoms with E-state index in [2.05, 4.69) is 46.5 Å². The molecule has 0 bridgehead atoms. The van der Waals surface area contributed by atoms with Crippen molar-refractivity contribution in [1.29, 1.82) is 0 Å². The monoisotopic (exact) mass is 533 g/mol. The number of aromatic nitrogens is 3. The highest BCUT2D eigenvalue weighted by atomic mass is 127. The molecule has 2 heterocycles.